The minimum absolute atomic E-state index is 0.216. The highest BCUT2D eigenvalue weighted by Gasteiger charge is 2.18. The first kappa shape index (κ1) is 17.0. The average molecular weight is 364 g/mol. The van der Waals surface area contributed by atoms with Gasteiger partial charge in [0.25, 0.3) is 11.5 Å². The molecule has 0 aliphatic carbocycles. The molecule has 0 radical (unpaired) electrons. The van der Waals surface area contributed by atoms with Crippen LogP contribution in [-0.4, -0.2) is 19.9 Å². The van der Waals surface area contributed by atoms with Gasteiger partial charge in [-0.15, -0.1) is 0 Å². The Morgan fingerprint density at radius 1 is 1.19 bits per heavy atom. The summed E-state index contributed by atoms with van der Waals surface area (Å²) in [5.74, 6) is -0.655. The van der Waals surface area contributed by atoms with Crippen molar-refractivity contribution in [2.75, 3.05) is 0 Å². The molecule has 0 atom stereocenters. The Balaban J connectivity index is 1.72. The Morgan fingerprint density at radius 3 is 2.67 bits per heavy atom. The molecule has 0 bridgehead atoms. The Morgan fingerprint density at radius 2 is 1.93 bits per heavy atom. The van der Waals surface area contributed by atoms with Gasteiger partial charge in [-0.2, -0.15) is 0 Å². The molecular weight excluding hydrogens is 347 g/mol. The van der Waals surface area contributed by atoms with Gasteiger partial charge in [-0.1, -0.05) is 18.2 Å². The lowest BCUT2D eigenvalue weighted by Crippen LogP contribution is -2.24. The molecule has 0 fully saturated rings. The van der Waals surface area contributed by atoms with Gasteiger partial charge < -0.3 is 9.88 Å². The summed E-state index contributed by atoms with van der Waals surface area (Å²) in [6.45, 7) is 2.14. The number of amides is 1. The Kier molecular flexibility index (Phi) is 3.99. The van der Waals surface area contributed by atoms with Crippen LogP contribution in [0.25, 0.3) is 16.7 Å². The van der Waals surface area contributed by atoms with Crippen LogP contribution in [0.5, 0.6) is 0 Å². The normalized spacial score (nSPS) is 11.2. The number of pyridine rings is 1. The Labute approximate surface area is 153 Å². The minimum Gasteiger partial charge on any atom is -0.347 e. The quantitative estimate of drug-likeness (QED) is 0.607. The van der Waals surface area contributed by atoms with Crippen LogP contribution in [0.15, 0.2) is 53.5 Å². The smallest absolute Gasteiger partial charge is 0.268 e. The highest BCUT2D eigenvalue weighted by Crippen LogP contribution is 2.16. The molecule has 4 rings (SSSR count). The van der Waals surface area contributed by atoms with E-state index in [2.05, 4.69) is 10.3 Å². The summed E-state index contributed by atoms with van der Waals surface area (Å²) in [6.07, 6.45) is 1.67. The maximum atomic E-state index is 13.0. The number of aromatic nitrogens is 3. The van der Waals surface area contributed by atoms with Crippen molar-refractivity contribution >= 4 is 22.6 Å². The van der Waals surface area contributed by atoms with E-state index in [9.17, 15) is 14.0 Å². The number of aryl methyl sites for hydroxylation is 2. The zero-order valence-electron chi connectivity index (χ0n) is 14.9. The topological polar surface area (TPSA) is 68.4 Å². The SMILES string of the molecule is Cc1cccn2c(=O)c3cc(C(=O)NCc4ccc(F)cc4)n(C)c3nc12. The monoisotopic (exact) mass is 364 g/mol. The summed E-state index contributed by atoms with van der Waals surface area (Å²) >= 11 is 0. The van der Waals surface area contributed by atoms with Gasteiger partial charge in [0.05, 0.1) is 5.39 Å². The molecule has 3 aromatic heterocycles. The predicted octanol–water partition coefficient (Wildman–Crippen LogP) is 2.56. The lowest BCUT2D eigenvalue weighted by atomic mass is 10.2. The third-order valence-electron chi connectivity index (χ3n) is 4.62. The van der Waals surface area contributed by atoms with E-state index in [1.54, 1.807) is 42.1 Å². The van der Waals surface area contributed by atoms with E-state index in [1.165, 1.54) is 16.5 Å². The molecule has 136 valence electrons. The van der Waals surface area contributed by atoms with E-state index in [0.717, 1.165) is 11.1 Å². The van der Waals surface area contributed by atoms with Crippen molar-refractivity contribution in [2.45, 2.75) is 13.5 Å². The van der Waals surface area contributed by atoms with Crippen molar-refractivity contribution in [3.05, 3.63) is 81.7 Å². The molecule has 6 nitrogen and oxygen atoms in total. The number of fused-ring (bicyclic) bond motifs is 2. The second-order valence-corrected chi connectivity index (χ2v) is 6.44. The molecule has 1 aromatic carbocycles. The standard InChI is InChI=1S/C20H17FN4O2/c1-12-4-3-9-25-17(12)23-18-15(20(25)27)10-16(24(18)2)19(26)22-11-13-5-7-14(21)8-6-13/h3-10H,11H2,1-2H3,(H,22,26). The summed E-state index contributed by atoms with van der Waals surface area (Å²) in [5.41, 5.74) is 2.80. The molecule has 0 aliphatic rings. The second kappa shape index (κ2) is 6.35. The van der Waals surface area contributed by atoms with Crippen LogP contribution in [0.3, 0.4) is 0 Å². The van der Waals surface area contributed by atoms with Crippen molar-refractivity contribution in [1.82, 2.24) is 19.3 Å². The lowest BCUT2D eigenvalue weighted by molar-refractivity contribution is 0.0943. The average Bonchev–Trinajstić information content (AvgIpc) is 2.99. The van der Waals surface area contributed by atoms with Crippen LogP contribution in [-0.2, 0) is 13.6 Å². The fourth-order valence-electron chi connectivity index (χ4n) is 3.12. The zero-order chi connectivity index (χ0) is 19.1. The summed E-state index contributed by atoms with van der Waals surface area (Å²) in [4.78, 5) is 30.0. The van der Waals surface area contributed by atoms with Crippen LogP contribution in [0.4, 0.5) is 4.39 Å². The number of rotatable bonds is 3. The van der Waals surface area contributed by atoms with Crippen LogP contribution < -0.4 is 10.9 Å². The number of hydrogen-bond donors (Lipinski definition) is 1. The van der Waals surface area contributed by atoms with Gasteiger partial charge in [0, 0.05) is 19.8 Å². The largest absolute Gasteiger partial charge is 0.347 e. The number of hydrogen-bond acceptors (Lipinski definition) is 3. The highest BCUT2D eigenvalue weighted by atomic mass is 19.1. The van der Waals surface area contributed by atoms with Gasteiger partial charge in [0.15, 0.2) is 0 Å². The van der Waals surface area contributed by atoms with Gasteiger partial charge in [0.2, 0.25) is 0 Å². The van der Waals surface area contributed by atoms with E-state index < -0.39 is 0 Å². The van der Waals surface area contributed by atoms with Gasteiger partial charge in [-0.25, -0.2) is 9.37 Å². The molecule has 0 saturated heterocycles. The number of carbonyl (C=O) groups is 1. The van der Waals surface area contributed by atoms with E-state index >= 15 is 0 Å². The Hall–Kier alpha value is -3.48. The molecule has 0 saturated carbocycles. The maximum Gasteiger partial charge on any atom is 0.268 e. The number of carbonyl (C=O) groups excluding carboxylic acids is 1. The van der Waals surface area contributed by atoms with Crippen LogP contribution in [0, 0.1) is 12.7 Å². The summed E-state index contributed by atoms with van der Waals surface area (Å²) in [6, 6.07) is 11.1. The van der Waals surface area contributed by atoms with Gasteiger partial charge in [-0.05, 0) is 42.3 Å². The highest BCUT2D eigenvalue weighted by molar-refractivity contribution is 5.98. The second-order valence-electron chi connectivity index (χ2n) is 6.44. The zero-order valence-corrected chi connectivity index (χ0v) is 14.9. The molecule has 7 heteroatoms. The fraction of sp³-hybridized carbons (Fsp3) is 0.150. The van der Waals surface area contributed by atoms with E-state index in [1.807, 2.05) is 13.0 Å². The molecule has 4 aromatic rings. The Bertz CT molecular complexity index is 1240. The third-order valence-corrected chi connectivity index (χ3v) is 4.62. The molecule has 27 heavy (non-hydrogen) atoms. The molecular formula is C20H17FN4O2. The first-order valence-corrected chi connectivity index (χ1v) is 8.46. The van der Waals surface area contributed by atoms with Gasteiger partial charge in [0.1, 0.15) is 22.8 Å². The first-order valence-electron chi connectivity index (χ1n) is 8.46. The van der Waals surface area contributed by atoms with E-state index in [4.69, 9.17) is 0 Å². The molecule has 1 amide bonds. The molecule has 3 heterocycles. The van der Waals surface area contributed by atoms with Crippen molar-refractivity contribution in [2.24, 2.45) is 7.05 Å². The number of nitrogens with zero attached hydrogens (tertiary/aromatic N) is 3. The maximum absolute atomic E-state index is 13.0. The first-order chi connectivity index (χ1) is 13.0. The minimum atomic E-state index is -0.329. The summed E-state index contributed by atoms with van der Waals surface area (Å²) in [5, 5.41) is 3.17. The van der Waals surface area contributed by atoms with E-state index in [-0.39, 0.29) is 23.8 Å². The van der Waals surface area contributed by atoms with Crippen molar-refractivity contribution < 1.29 is 9.18 Å². The molecule has 0 aliphatic heterocycles. The van der Waals surface area contributed by atoms with E-state index in [0.29, 0.717) is 22.4 Å². The van der Waals surface area contributed by atoms with Crippen molar-refractivity contribution in [1.29, 1.82) is 0 Å². The third kappa shape index (κ3) is 2.87. The van der Waals surface area contributed by atoms with Gasteiger partial charge >= 0.3 is 0 Å². The molecule has 0 unspecified atom stereocenters. The van der Waals surface area contributed by atoms with Crippen LogP contribution >= 0.6 is 0 Å². The molecule has 1 N–H and O–H groups in total. The number of halogens is 1. The van der Waals surface area contributed by atoms with Crippen molar-refractivity contribution in [3.63, 3.8) is 0 Å². The molecule has 0 spiro atoms. The number of nitrogens with one attached hydrogen (secondary N) is 1. The predicted molar refractivity (Wildman–Crippen MR) is 100 cm³/mol. The van der Waals surface area contributed by atoms with Crippen molar-refractivity contribution in [3.8, 4) is 0 Å². The fourth-order valence-corrected chi connectivity index (χ4v) is 3.12. The van der Waals surface area contributed by atoms with Crippen LogP contribution in [0.1, 0.15) is 21.6 Å². The summed E-state index contributed by atoms with van der Waals surface area (Å²) in [7, 11) is 1.70. The van der Waals surface area contributed by atoms with Gasteiger partial charge in [-0.3, -0.25) is 14.0 Å². The lowest BCUT2D eigenvalue weighted by Gasteiger charge is -2.07. The summed E-state index contributed by atoms with van der Waals surface area (Å²) < 4.78 is 16.1. The number of benzene rings is 1. The van der Waals surface area contributed by atoms with Crippen LogP contribution in [0.2, 0.25) is 0 Å².